The molecule has 0 spiro atoms. The summed E-state index contributed by atoms with van der Waals surface area (Å²) in [4.78, 5) is 27.4. The number of H-pyrrole nitrogens is 1. The number of carbonyl (C=O) groups excluding carboxylic acids is 1. The first kappa shape index (κ1) is 19.4. The Balaban J connectivity index is 1.74. The van der Waals surface area contributed by atoms with Gasteiger partial charge in [0.15, 0.2) is 5.43 Å². The van der Waals surface area contributed by atoms with Gasteiger partial charge in [-0.1, -0.05) is 30.3 Å². The van der Waals surface area contributed by atoms with Gasteiger partial charge >= 0.3 is 0 Å². The lowest BCUT2D eigenvalue weighted by Crippen LogP contribution is -2.45. The molecule has 2 heterocycles. The first-order chi connectivity index (χ1) is 12.8. The first-order valence-corrected chi connectivity index (χ1v) is 9.48. The van der Waals surface area contributed by atoms with Crippen molar-refractivity contribution in [1.29, 1.82) is 0 Å². The van der Waals surface area contributed by atoms with E-state index in [4.69, 9.17) is 4.74 Å². The number of pyridine rings is 1. The minimum Gasteiger partial charge on any atom is -0.376 e. The third-order valence-electron chi connectivity index (χ3n) is 5.41. The highest BCUT2D eigenvalue weighted by atomic mass is 16.5. The van der Waals surface area contributed by atoms with Crippen LogP contribution in [0.25, 0.3) is 0 Å². The molecule has 1 saturated heterocycles. The van der Waals surface area contributed by atoms with E-state index in [1.807, 2.05) is 6.07 Å². The molecule has 5 heteroatoms. The van der Waals surface area contributed by atoms with Crippen molar-refractivity contribution in [3.8, 4) is 0 Å². The van der Waals surface area contributed by atoms with E-state index in [-0.39, 0.29) is 27.9 Å². The first-order valence-electron chi connectivity index (χ1n) is 9.48. The molecule has 2 N–H and O–H groups in total. The molecular weight excluding hydrogens is 340 g/mol. The number of aromatic amines is 1. The summed E-state index contributed by atoms with van der Waals surface area (Å²) < 4.78 is 5.93. The Hall–Kier alpha value is -2.40. The van der Waals surface area contributed by atoms with Crippen LogP contribution in [-0.2, 0) is 10.2 Å². The van der Waals surface area contributed by atoms with Crippen molar-refractivity contribution in [1.82, 2.24) is 10.3 Å². The van der Waals surface area contributed by atoms with Gasteiger partial charge in [0, 0.05) is 36.5 Å². The number of amides is 1. The lowest BCUT2D eigenvalue weighted by atomic mass is 9.67. The molecular formula is C22H28N2O3. The highest BCUT2D eigenvalue weighted by Gasteiger charge is 2.41. The predicted molar refractivity (Wildman–Crippen MR) is 106 cm³/mol. The van der Waals surface area contributed by atoms with Gasteiger partial charge in [0.25, 0.3) is 5.91 Å². The fourth-order valence-electron chi connectivity index (χ4n) is 4.13. The minimum atomic E-state index is -0.328. The summed E-state index contributed by atoms with van der Waals surface area (Å²) in [6.07, 6.45) is 4.10. The number of benzene rings is 1. The molecule has 1 aliphatic heterocycles. The van der Waals surface area contributed by atoms with E-state index >= 15 is 0 Å². The lowest BCUT2D eigenvalue weighted by molar-refractivity contribution is -0.0838. The average molecular weight is 368 g/mol. The van der Waals surface area contributed by atoms with Gasteiger partial charge in [-0.05, 0) is 45.6 Å². The van der Waals surface area contributed by atoms with Gasteiger partial charge < -0.3 is 15.0 Å². The van der Waals surface area contributed by atoms with Crippen LogP contribution in [0.1, 0.15) is 54.7 Å². The zero-order chi connectivity index (χ0) is 19.5. The Morgan fingerprint density at radius 1 is 1.26 bits per heavy atom. The number of nitrogens with one attached hydrogen (secondary N) is 2. The maximum absolute atomic E-state index is 12.4. The molecule has 0 radical (unpaired) electrons. The number of hydrogen-bond acceptors (Lipinski definition) is 3. The van der Waals surface area contributed by atoms with Crippen molar-refractivity contribution in [3.63, 3.8) is 0 Å². The third-order valence-corrected chi connectivity index (χ3v) is 5.41. The zero-order valence-electron chi connectivity index (χ0n) is 16.3. The van der Waals surface area contributed by atoms with Gasteiger partial charge in [-0.2, -0.15) is 0 Å². The van der Waals surface area contributed by atoms with Gasteiger partial charge in [-0.25, -0.2) is 0 Å². The molecule has 27 heavy (non-hydrogen) atoms. The predicted octanol–water partition coefficient (Wildman–Crippen LogP) is 3.33. The molecule has 1 fully saturated rings. The highest BCUT2D eigenvalue weighted by Crippen LogP contribution is 2.43. The van der Waals surface area contributed by atoms with Crippen LogP contribution in [0.5, 0.6) is 0 Å². The van der Waals surface area contributed by atoms with E-state index in [0.29, 0.717) is 13.2 Å². The second-order valence-corrected chi connectivity index (χ2v) is 8.08. The Morgan fingerprint density at radius 3 is 2.67 bits per heavy atom. The molecule has 0 aliphatic carbocycles. The Morgan fingerprint density at radius 2 is 2.00 bits per heavy atom. The Kier molecular flexibility index (Phi) is 5.51. The summed E-state index contributed by atoms with van der Waals surface area (Å²) >= 11 is 0. The topological polar surface area (TPSA) is 71.2 Å². The van der Waals surface area contributed by atoms with Gasteiger partial charge in [-0.15, -0.1) is 0 Å². The largest absolute Gasteiger partial charge is 0.376 e. The summed E-state index contributed by atoms with van der Waals surface area (Å²) in [6, 6.07) is 11.9. The van der Waals surface area contributed by atoms with E-state index in [1.165, 1.54) is 17.8 Å². The van der Waals surface area contributed by atoms with Crippen molar-refractivity contribution in [2.24, 2.45) is 0 Å². The fraction of sp³-hybridized carbons (Fsp3) is 0.455. The monoisotopic (exact) mass is 368 g/mol. The molecule has 1 aliphatic rings. The zero-order valence-corrected chi connectivity index (χ0v) is 16.3. The number of hydrogen-bond donors (Lipinski definition) is 2. The molecule has 0 unspecified atom stereocenters. The number of aryl methyl sites for hydroxylation is 1. The standard InChI is InChI=1S/C22H28N2O3/c1-16-13-19(25)18(14-24-16)20(26)23-11-9-22(17-7-5-4-6-8-17)10-12-27-21(2,3)15-22/h4-8,13-14H,9-12,15H2,1-3H3,(H,23,26)(H,24,25)/t22-/m1/s1. The van der Waals surface area contributed by atoms with E-state index in [1.54, 1.807) is 6.92 Å². The van der Waals surface area contributed by atoms with Crippen LogP contribution in [0.15, 0.2) is 47.4 Å². The fourth-order valence-corrected chi connectivity index (χ4v) is 4.13. The summed E-state index contributed by atoms with van der Waals surface area (Å²) in [5.74, 6) is -0.328. The molecule has 1 amide bonds. The van der Waals surface area contributed by atoms with Crippen LogP contribution in [0.3, 0.4) is 0 Å². The second-order valence-electron chi connectivity index (χ2n) is 8.08. The van der Waals surface area contributed by atoms with Gasteiger partial charge in [0.2, 0.25) is 0 Å². The molecule has 5 nitrogen and oxygen atoms in total. The van der Waals surface area contributed by atoms with E-state index < -0.39 is 0 Å². The highest BCUT2D eigenvalue weighted by molar-refractivity contribution is 5.93. The molecule has 0 saturated carbocycles. The number of ether oxygens (including phenoxy) is 1. The normalized spacial score (nSPS) is 21.6. The molecule has 2 aromatic rings. The summed E-state index contributed by atoms with van der Waals surface area (Å²) in [5.41, 5.74) is 1.67. The van der Waals surface area contributed by atoms with Gasteiger partial charge in [0.1, 0.15) is 5.56 Å². The van der Waals surface area contributed by atoms with Gasteiger partial charge in [0.05, 0.1) is 5.60 Å². The summed E-state index contributed by atoms with van der Waals surface area (Å²) in [5, 5.41) is 2.93. The van der Waals surface area contributed by atoms with Crippen molar-refractivity contribution < 1.29 is 9.53 Å². The van der Waals surface area contributed by atoms with Crippen LogP contribution in [-0.4, -0.2) is 29.6 Å². The van der Waals surface area contributed by atoms with E-state index in [2.05, 4.69) is 48.4 Å². The minimum absolute atomic E-state index is 0.0456. The molecule has 1 aromatic carbocycles. The van der Waals surface area contributed by atoms with Crippen molar-refractivity contribution >= 4 is 5.91 Å². The average Bonchev–Trinajstić information content (AvgIpc) is 2.61. The number of aromatic nitrogens is 1. The van der Waals surface area contributed by atoms with Crippen LogP contribution < -0.4 is 10.7 Å². The maximum atomic E-state index is 12.4. The van der Waals surface area contributed by atoms with Crippen LogP contribution >= 0.6 is 0 Å². The number of carbonyl (C=O) groups is 1. The Labute approximate surface area is 160 Å². The van der Waals surface area contributed by atoms with Crippen molar-refractivity contribution in [2.75, 3.05) is 13.2 Å². The Bertz CT molecular complexity index is 857. The van der Waals surface area contributed by atoms with Crippen molar-refractivity contribution in [2.45, 2.75) is 51.0 Å². The quantitative estimate of drug-likeness (QED) is 0.850. The van der Waals surface area contributed by atoms with Crippen LogP contribution in [0, 0.1) is 6.92 Å². The maximum Gasteiger partial charge on any atom is 0.256 e. The molecule has 144 valence electrons. The third kappa shape index (κ3) is 4.48. The lowest BCUT2D eigenvalue weighted by Gasteiger charge is -2.45. The van der Waals surface area contributed by atoms with Crippen LogP contribution in [0.4, 0.5) is 0 Å². The summed E-state index contributed by atoms with van der Waals surface area (Å²) in [6.45, 7) is 7.24. The molecule has 3 rings (SSSR count). The van der Waals surface area contributed by atoms with Crippen molar-refractivity contribution in [3.05, 3.63) is 69.6 Å². The van der Waals surface area contributed by atoms with Gasteiger partial charge in [-0.3, -0.25) is 9.59 Å². The van der Waals surface area contributed by atoms with Crippen LogP contribution in [0.2, 0.25) is 0 Å². The SMILES string of the molecule is Cc1cc(=O)c(C(=O)NCC[C@@]2(c3ccccc3)CCOC(C)(C)C2)c[nH]1. The smallest absolute Gasteiger partial charge is 0.256 e. The summed E-state index contributed by atoms with van der Waals surface area (Å²) in [7, 11) is 0. The van der Waals surface area contributed by atoms with E-state index in [0.717, 1.165) is 25.0 Å². The van der Waals surface area contributed by atoms with E-state index in [9.17, 15) is 9.59 Å². The molecule has 1 aromatic heterocycles. The second kappa shape index (κ2) is 7.69. The number of rotatable bonds is 5. The molecule has 0 bridgehead atoms. The molecule has 1 atom stereocenters.